The van der Waals surface area contributed by atoms with Crippen LogP contribution in [0.15, 0.2) is 18.3 Å². The van der Waals surface area contributed by atoms with Crippen molar-refractivity contribution in [1.29, 1.82) is 0 Å². The van der Waals surface area contributed by atoms with E-state index in [0.29, 0.717) is 0 Å². The molecule has 1 aromatic carbocycles. The number of hydrogen-bond donors (Lipinski definition) is 1. The molecular formula is C15H18N2O2. The number of hydrogen-bond acceptors (Lipinski definition) is 2. The van der Waals surface area contributed by atoms with Crippen LogP contribution >= 0.6 is 0 Å². The highest BCUT2D eigenvalue weighted by molar-refractivity contribution is 5.76. The summed E-state index contributed by atoms with van der Waals surface area (Å²) >= 11 is 0. The SMILES string of the molecule is Cc1cc(C)c(-c2nn(C)cc2CC(=O)O)cc1C. The number of carboxylic acids is 1. The van der Waals surface area contributed by atoms with Gasteiger partial charge < -0.3 is 5.11 Å². The molecule has 19 heavy (non-hydrogen) atoms. The molecule has 0 radical (unpaired) electrons. The normalized spacial score (nSPS) is 10.7. The first-order valence-electron chi connectivity index (χ1n) is 6.21. The van der Waals surface area contributed by atoms with E-state index in [2.05, 4.69) is 31.1 Å². The van der Waals surface area contributed by atoms with E-state index in [1.54, 1.807) is 10.9 Å². The van der Waals surface area contributed by atoms with Gasteiger partial charge in [0.05, 0.1) is 12.1 Å². The van der Waals surface area contributed by atoms with E-state index in [4.69, 9.17) is 5.11 Å². The molecule has 1 N–H and O–H groups in total. The third-order valence-electron chi connectivity index (χ3n) is 3.34. The summed E-state index contributed by atoms with van der Waals surface area (Å²) in [6.07, 6.45) is 1.77. The second-order valence-corrected chi connectivity index (χ2v) is 5.00. The number of rotatable bonds is 3. The van der Waals surface area contributed by atoms with Crippen LogP contribution in [-0.2, 0) is 18.3 Å². The van der Waals surface area contributed by atoms with Crippen molar-refractivity contribution >= 4 is 5.97 Å². The summed E-state index contributed by atoms with van der Waals surface area (Å²) in [6.45, 7) is 6.15. The zero-order valence-corrected chi connectivity index (χ0v) is 11.7. The average Bonchev–Trinajstić information content (AvgIpc) is 2.63. The number of aliphatic carboxylic acids is 1. The molecule has 4 heteroatoms. The Hall–Kier alpha value is -2.10. The van der Waals surface area contributed by atoms with Crippen LogP contribution in [-0.4, -0.2) is 20.9 Å². The first-order valence-corrected chi connectivity index (χ1v) is 6.21. The Bertz CT molecular complexity index is 642. The lowest BCUT2D eigenvalue weighted by atomic mass is 9.96. The summed E-state index contributed by atoms with van der Waals surface area (Å²) in [4.78, 5) is 10.9. The molecule has 0 amide bonds. The van der Waals surface area contributed by atoms with Gasteiger partial charge in [0.15, 0.2) is 0 Å². The van der Waals surface area contributed by atoms with Crippen LogP contribution in [0.5, 0.6) is 0 Å². The van der Waals surface area contributed by atoms with Gasteiger partial charge in [0.1, 0.15) is 0 Å². The molecule has 0 aliphatic rings. The Morgan fingerprint density at radius 1 is 1.21 bits per heavy atom. The van der Waals surface area contributed by atoms with Gasteiger partial charge in [0.25, 0.3) is 0 Å². The van der Waals surface area contributed by atoms with E-state index in [0.717, 1.165) is 22.4 Å². The second kappa shape index (κ2) is 4.88. The molecule has 100 valence electrons. The van der Waals surface area contributed by atoms with Crippen LogP contribution in [0.4, 0.5) is 0 Å². The predicted molar refractivity (Wildman–Crippen MR) is 74.2 cm³/mol. The van der Waals surface area contributed by atoms with Gasteiger partial charge in [-0.3, -0.25) is 9.48 Å². The predicted octanol–water partition coefficient (Wildman–Crippen LogP) is 2.64. The van der Waals surface area contributed by atoms with E-state index in [1.165, 1.54) is 11.1 Å². The third-order valence-corrected chi connectivity index (χ3v) is 3.34. The summed E-state index contributed by atoms with van der Waals surface area (Å²) in [5.41, 5.74) is 6.07. The zero-order chi connectivity index (χ0) is 14.2. The molecule has 2 rings (SSSR count). The van der Waals surface area contributed by atoms with Crippen molar-refractivity contribution in [3.63, 3.8) is 0 Å². The summed E-state index contributed by atoms with van der Waals surface area (Å²) in [6, 6.07) is 4.20. The maximum absolute atomic E-state index is 10.9. The third kappa shape index (κ3) is 2.67. The largest absolute Gasteiger partial charge is 0.481 e. The van der Waals surface area contributed by atoms with E-state index < -0.39 is 5.97 Å². The highest BCUT2D eigenvalue weighted by Crippen LogP contribution is 2.28. The van der Waals surface area contributed by atoms with Gasteiger partial charge in [0.2, 0.25) is 0 Å². The van der Waals surface area contributed by atoms with Crippen molar-refractivity contribution in [1.82, 2.24) is 9.78 Å². The van der Waals surface area contributed by atoms with E-state index in [9.17, 15) is 4.79 Å². The lowest BCUT2D eigenvalue weighted by molar-refractivity contribution is -0.136. The van der Waals surface area contributed by atoms with Gasteiger partial charge >= 0.3 is 5.97 Å². The second-order valence-electron chi connectivity index (χ2n) is 5.00. The number of benzene rings is 1. The zero-order valence-electron chi connectivity index (χ0n) is 11.7. The molecule has 4 nitrogen and oxygen atoms in total. The minimum atomic E-state index is -0.837. The monoisotopic (exact) mass is 258 g/mol. The summed E-state index contributed by atoms with van der Waals surface area (Å²) < 4.78 is 1.67. The average molecular weight is 258 g/mol. The Morgan fingerprint density at radius 2 is 1.84 bits per heavy atom. The summed E-state index contributed by atoms with van der Waals surface area (Å²) in [5.74, 6) is -0.837. The fourth-order valence-corrected chi connectivity index (χ4v) is 2.27. The van der Waals surface area contributed by atoms with Gasteiger partial charge in [-0.2, -0.15) is 5.10 Å². The van der Waals surface area contributed by atoms with Crippen molar-refractivity contribution in [3.05, 3.63) is 40.6 Å². The molecule has 0 saturated carbocycles. The minimum Gasteiger partial charge on any atom is -0.481 e. The lowest BCUT2D eigenvalue weighted by Gasteiger charge is -2.09. The maximum Gasteiger partial charge on any atom is 0.307 e. The highest BCUT2D eigenvalue weighted by Gasteiger charge is 2.15. The molecule has 0 aliphatic carbocycles. The molecule has 1 aromatic heterocycles. The topological polar surface area (TPSA) is 55.1 Å². The maximum atomic E-state index is 10.9. The number of carboxylic acid groups (broad SMARTS) is 1. The van der Waals surface area contributed by atoms with Crippen LogP contribution in [0.25, 0.3) is 11.3 Å². The summed E-state index contributed by atoms with van der Waals surface area (Å²) in [5, 5.41) is 13.4. The van der Waals surface area contributed by atoms with E-state index >= 15 is 0 Å². The lowest BCUT2D eigenvalue weighted by Crippen LogP contribution is -2.01. The van der Waals surface area contributed by atoms with Crippen LogP contribution in [0.1, 0.15) is 22.3 Å². The van der Waals surface area contributed by atoms with Gasteiger partial charge in [-0.25, -0.2) is 0 Å². The molecule has 0 fully saturated rings. The van der Waals surface area contributed by atoms with Crippen LogP contribution in [0, 0.1) is 20.8 Å². The molecular weight excluding hydrogens is 240 g/mol. The van der Waals surface area contributed by atoms with Gasteiger partial charge in [-0.05, 0) is 43.5 Å². The number of aromatic nitrogens is 2. The van der Waals surface area contributed by atoms with Crippen molar-refractivity contribution < 1.29 is 9.90 Å². The van der Waals surface area contributed by atoms with Crippen LogP contribution < -0.4 is 0 Å². The first-order chi connectivity index (χ1) is 8.88. The van der Waals surface area contributed by atoms with Gasteiger partial charge in [0, 0.05) is 24.4 Å². The Kier molecular flexibility index (Phi) is 3.42. The molecule has 2 aromatic rings. The number of carbonyl (C=O) groups is 1. The van der Waals surface area contributed by atoms with Crippen molar-refractivity contribution in [2.75, 3.05) is 0 Å². The Labute approximate surface area is 112 Å². The van der Waals surface area contributed by atoms with E-state index in [1.807, 2.05) is 14.0 Å². The fraction of sp³-hybridized carbons (Fsp3) is 0.333. The minimum absolute atomic E-state index is 0.00443. The van der Waals surface area contributed by atoms with Gasteiger partial charge in [-0.1, -0.05) is 6.07 Å². The summed E-state index contributed by atoms with van der Waals surface area (Å²) in [7, 11) is 1.81. The molecule has 0 bridgehead atoms. The standard InChI is InChI=1S/C15H18N2O2/c1-9-5-11(3)13(6-10(9)2)15-12(7-14(18)19)8-17(4)16-15/h5-6,8H,7H2,1-4H3,(H,18,19). The van der Waals surface area contributed by atoms with Crippen LogP contribution in [0.2, 0.25) is 0 Å². The van der Waals surface area contributed by atoms with Crippen molar-refractivity contribution in [3.8, 4) is 11.3 Å². The smallest absolute Gasteiger partial charge is 0.307 e. The van der Waals surface area contributed by atoms with Crippen LogP contribution in [0.3, 0.4) is 0 Å². The van der Waals surface area contributed by atoms with E-state index in [-0.39, 0.29) is 6.42 Å². The highest BCUT2D eigenvalue weighted by atomic mass is 16.4. The van der Waals surface area contributed by atoms with Crippen molar-refractivity contribution in [2.45, 2.75) is 27.2 Å². The first kappa shape index (κ1) is 13.3. The Morgan fingerprint density at radius 3 is 2.47 bits per heavy atom. The molecule has 0 spiro atoms. The molecule has 1 heterocycles. The molecule has 0 unspecified atom stereocenters. The number of aryl methyl sites for hydroxylation is 4. The number of nitrogens with zero attached hydrogens (tertiary/aromatic N) is 2. The van der Waals surface area contributed by atoms with Gasteiger partial charge in [-0.15, -0.1) is 0 Å². The fourth-order valence-electron chi connectivity index (χ4n) is 2.27. The quantitative estimate of drug-likeness (QED) is 0.920. The molecule has 0 atom stereocenters. The molecule has 0 saturated heterocycles. The molecule has 0 aliphatic heterocycles. The Balaban J connectivity index is 2.58. The van der Waals surface area contributed by atoms with Crippen molar-refractivity contribution in [2.24, 2.45) is 7.05 Å².